The Balaban J connectivity index is 1.88. The summed E-state index contributed by atoms with van der Waals surface area (Å²) in [5.74, 6) is 0.487. The first-order valence-electron chi connectivity index (χ1n) is 7.53. The first-order chi connectivity index (χ1) is 11.5. The third-order valence-electron chi connectivity index (χ3n) is 3.56. The summed E-state index contributed by atoms with van der Waals surface area (Å²) >= 11 is 9.62. The maximum atomic E-state index is 12.0. The summed E-state index contributed by atoms with van der Waals surface area (Å²) in [4.78, 5) is 14.1. The van der Waals surface area contributed by atoms with Crippen molar-refractivity contribution in [2.45, 2.75) is 6.04 Å². The molecule has 0 radical (unpaired) electrons. The van der Waals surface area contributed by atoms with E-state index in [0.717, 1.165) is 10.0 Å². The Kier molecular flexibility index (Phi) is 7.09. The number of hydrogen-bond acceptors (Lipinski definition) is 3. The van der Waals surface area contributed by atoms with Gasteiger partial charge in [-0.05, 0) is 50.0 Å². The van der Waals surface area contributed by atoms with Crippen molar-refractivity contribution in [2.24, 2.45) is 0 Å². The third-order valence-corrected chi connectivity index (χ3v) is 4.44. The lowest BCUT2D eigenvalue weighted by Gasteiger charge is -2.26. The fourth-order valence-electron chi connectivity index (χ4n) is 2.26. The molecule has 6 heteroatoms. The van der Waals surface area contributed by atoms with Gasteiger partial charge in [0.05, 0.1) is 6.04 Å². The van der Waals surface area contributed by atoms with Gasteiger partial charge in [0.2, 0.25) is 0 Å². The highest BCUT2D eigenvalue weighted by Gasteiger charge is 2.17. The number of nitrogens with zero attached hydrogens (tertiary/aromatic N) is 1. The molecule has 0 saturated carbocycles. The molecule has 2 rings (SSSR count). The summed E-state index contributed by atoms with van der Waals surface area (Å²) < 4.78 is 6.44. The van der Waals surface area contributed by atoms with Crippen molar-refractivity contribution in [1.29, 1.82) is 0 Å². The van der Waals surface area contributed by atoms with Crippen LogP contribution in [0.15, 0.2) is 53.0 Å². The quantitative estimate of drug-likeness (QED) is 0.751. The number of halogens is 2. The molecule has 1 N–H and O–H groups in total. The molecule has 0 bridgehead atoms. The van der Waals surface area contributed by atoms with E-state index in [9.17, 15) is 4.79 Å². The molecule has 0 unspecified atom stereocenters. The van der Waals surface area contributed by atoms with Crippen LogP contribution in [0.3, 0.4) is 0 Å². The predicted molar refractivity (Wildman–Crippen MR) is 101 cm³/mol. The van der Waals surface area contributed by atoms with Crippen LogP contribution in [-0.4, -0.2) is 38.1 Å². The molecule has 2 aromatic rings. The number of hydrogen-bond donors (Lipinski definition) is 1. The molecule has 0 aliphatic rings. The average Bonchev–Trinajstić information content (AvgIpc) is 2.56. The van der Waals surface area contributed by atoms with E-state index >= 15 is 0 Å². The number of likely N-dealkylation sites (N-methyl/N-ethyl adjacent to an activating group) is 1. The molecule has 1 atom stereocenters. The number of carbonyl (C=O) groups is 1. The van der Waals surface area contributed by atoms with Crippen LogP contribution in [0, 0.1) is 0 Å². The molecule has 4 nitrogen and oxygen atoms in total. The molecule has 0 aromatic heterocycles. The number of carbonyl (C=O) groups excluding carboxylic acids is 1. The van der Waals surface area contributed by atoms with Gasteiger partial charge in [-0.25, -0.2) is 0 Å². The minimum Gasteiger partial charge on any atom is -0.484 e. The van der Waals surface area contributed by atoms with Crippen LogP contribution in [0.5, 0.6) is 5.75 Å². The second kappa shape index (κ2) is 9.06. The van der Waals surface area contributed by atoms with Gasteiger partial charge in [-0.2, -0.15) is 0 Å². The normalized spacial score (nSPS) is 12.0. The molecule has 0 aliphatic carbocycles. The number of nitrogens with one attached hydrogen (secondary N) is 1. The molecule has 0 spiro atoms. The zero-order valence-electron chi connectivity index (χ0n) is 13.6. The lowest BCUT2D eigenvalue weighted by molar-refractivity contribution is -0.123. The van der Waals surface area contributed by atoms with E-state index in [0.29, 0.717) is 17.3 Å². The van der Waals surface area contributed by atoms with Gasteiger partial charge >= 0.3 is 0 Å². The summed E-state index contributed by atoms with van der Waals surface area (Å²) in [6.07, 6.45) is 0. The number of amides is 1. The summed E-state index contributed by atoms with van der Waals surface area (Å²) in [6, 6.07) is 15.0. The number of rotatable bonds is 7. The molecule has 0 saturated heterocycles. The van der Waals surface area contributed by atoms with Crippen molar-refractivity contribution >= 4 is 33.4 Å². The highest BCUT2D eigenvalue weighted by molar-refractivity contribution is 9.10. The van der Waals surface area contributed by atoms with Crippen molar-refractivity contribution < 1.29 is 9.53 Å². The van der Waals surface area contributed by atoms with Crippen LogP contribution in [0.2, 0.25) is 5.02 Å². The van der Waals surface area contributed by atoms with Gasteiger partial charge in [-0.15, -0.1) is 0 Å². The van der Waals surface area contributed by atoms with Crippen LogP contribution >= 0.6 is 27.5 Å². The first kappa shape index (κ1) is 18.8. The Hall–Kier alpha value is -1.56. The van der Waals surface area contributed by atoms with Crippen molar-refractivity contribution in [3.05, 3.63) is 63.6 Å². The topological polar surface area (TPSA) is 41.6 Å². The molecule has 0 heterocycles. The predicted octanol–water partition coefficient (Wildman–Crippen LogP) is 3.90. The Morgan fingerprint density at radius 1 is 1.21 bits per heavy atom. The second-order valence-corrected chi connectivity index (χ2v) is 6.87. The van der Waals surface area contributed by atoms with E-state index in [-0.39, 0.29) is 18.6 Å². The van der Waals surface area contributed by atoms with Gasteiger partial charge in [0.1, 0.15) is 5.75 Å². The molecule has 1 amide bonds. The molecular weight excluding hydrogens is 392 g/mol. The van der Waals surface area contributed by atoms with Crippen LogP contribution in [0.1, 0.15) is 11.6 Å². The van der Waals surface area contributed by atoms with E-state index in [2.05, 4.69) is 21.2 Å². The first-order valence-corrected chi connectivity index (χ1v) is 8.70. The number of ether oxygens (including phenoxy) is 1. The smallest absolute Gasteiger partial charge is 0.258 e. The molecule has 128 valence electrons. The largest absolute Gasteiger partial charge is 0.484 e. The number of benzene rings is 2. The molecule has 0 aliphatic heterocycles. The van der Waals surface area contributed by atoms with Crippen molar-refractivity contribution in [3.8, 4) is 5.75 Å². The Morgan fingerprint density at radius 2 is 1.88 bits per heavy atom. The van der Waals surface area contributed by atoms with E-state index < -0.39 is 0 Å². The average molecular weight is 412 g/mol. The monoisotopic (exact) mass is 410 g/mol. The van der Waals surface area contributed by atoms with Crippen LogP contribution in [0.25, 0.3) is 0 Å². The maximum Gasteiger partial charge on any atom is 0.258 e. The van der Waals surface area contributed by atoms with Gasteiger partial charge in [0.25, 0.3) is 5.91 Å². The van der Waals surface area contributed by atoms with Crippen molar-refractivity contribution in [1.82, 2.24) is 10.2 Å². The minimum atomic E-state index is -0.170. The zero-order chi connectivity index (χ0) is 17.5. The Morgan fingerprint density at radius 3 is 2.50 bits per heavy atom. The van der Waals surface area contributed by atoms with E-state index in [1.165, 1.54) is 0 Å². The SMILES string of the molecule is CN(C)[C@H](CNC(=O)COc1ccc(Br)cc1)c1ccccc1Cl. The van der Waals surface area contributed by atoms with Gasteiger partial charge < -0.3 is 15.0 Å². The summed E-state index contributed by atoms with van der Waals surface area (Å²) in [6.45, 7) is 0.434. The molecular formula is C18H20BrClN2O2. The van der Waals surface area contributed by atoms with E-state index in [1.54, 1.807) is 0 Å². The summed E-state index contributed by atoms with van der Waals surface area (Å²) in [7, 11) is 3.91. The minimum absolute atomic E-state index is 0.00432. The Labute approximate surface area is 155 Å². The van der Waals surface area contributed by atoms with Crippen LogP contribution in [-0.2, 0) is 4.79 Å². The Bertz CT molecular complexity index is 677. The molecule has 24 heavy (non-hydrogen) atoms. The lowest BCUT2D eigenvalue weighted by atomic mass is 10.1. The maximum absolute atomic E-state index is 12.0. The standard InChI is InChI=1S/C18H20BrClN2O2/c1-22(2)17(15-5-3-4-6-16(15)20)11-21-18(23)12-24-14-9-7-13(19)8-10-14/h3-10,17H,11-12H2,1-2H3,(H,21,23)/t17-/m1/s1. The van der Waals surface area contributed by atoms with Crippen LogP contribution < -0.4 is 10.1 Å². The van der Waals surface area contributed by atoms with E-state index in [1.807, 2.05) is 67.5 Å². The van der Waals surface area contributed by atoms with Crippen molar-refractivity contribution in [2.75, 3.05) is 27.2 Å². The highest BCUT2D eigenvalue weighted by Crippen LogP contribution is 2.25. The van der Waals surface area contributed by atoms with Gasteiger partial charge in [0.15, 0.2) is 6.61 Å². The van der Waals surface area contributed by atoms with Gasteiger partial charge in [-0.3, -0.25) is 4.79 Å². The zero-order valence-corrected chi connectivity index (χ0v) is 16.0. The molecule has 2 aromatic carbocycles. The fraction of sp³-hybridized carbons (Fsp3) is 0.278. The van der Waals surface area contributed by atoms with Gasteiger partial charge in [0, 0.05) is 16.0 Å². The summed E-state index contributed by atoms with van der Waals surface area (Å²) in [5, 5.41) is 3.59. The van der Waals surface area contributed by atoms with Crippen LogP contribution in [0.4, 0.5) is 0 Å². The third kappa shape index (κ3) is 5.51. The highest BCUT2D eigenvalue weighted by atomic mass is 79.9. The summed E-state index contributed by atoms with van der Waals surface area (Å²) in [5.41, 5.74) is 0.985. The lowest BCUT2D eigenvalue weighted by Crippen LogP contribution is -2.37. The fourth-order valence-corrected chi connectivity index (χ4v) is 2.78. The van der Waals surface area contributed by atoms with Crippen molar-refractivity contribution in [3.63, 3.8) is 0 Å². The second-order valence-electron chi connectivity index (χ2n) is 5.55. The van der Waals surface area contributed by atoms with Gasteiger partial charge in [-0.1, -0.05) is 45.7 Å². The van der Waals surface area contributed by atoms with E-state index in [4.69, 9.17) is 16.3 Å². The molecule has 0 fully saturated rings.